The van der Waals surface area contributed by atoms with Crippen molar-refractivity contribution in [2.24, 2.45) is 0 Å². The SMILES string of the molecule is C=C(C#N)C(=O)O.[H-].[K+]. The Labute approximate surface area is 90.9 Å². The van der Waals surface area contributed by atoms with Crippen LogP contribution in [0.4, 0.5) is 0 Å². The van der Waals surface area contributed by atoms with Crippen molar-refractivity contribution in [2.45, 2.75) is 0 Å². The predicted molar refractivity (Wildman–Crippen MR) is 23.5 cm³/mol. The van der Waals surface area contributed by atoms with Crippen molar-refractivity contribution < 1.29 is 62.7 Å². The van der Waals surface area contributed by atoms with Gasteiger partial charge in [0.2, 0.25) is 0 Å². The van der Waals surface area contributed by atoms with Crippen molar-refractivity contribution in [1.82, 2.24) is 0 Å². The Morgan fingerprint density at radius 1 is 1.88 bits per heavy atom. The van der Waals surface area contributed by atoms with Gasteiger partial charge in [-0.25, -0.2) is 4.79 Å². The Bertz CT molecular complexity index is 151. The second-order valence-electron chi connectivity index (χ2n) is 0.896. The number of rotatable bonds is 1. The Balaban J connectivity index is -0.000000180. The smallest absolute Gasteiger partial charge is 1.00 e. The molecule has 0 saturated carbocycles. The van der Waals surface area contributed by atoms with E-state index in [0.717, 1.165) is 0 Å². The second kappa shape index (κ2) is 5.47. The molecule has 0 atom stereocenters. The van der Waals surface area contributed by atoms with Crippen LogP contribution in [0.3, 0.4) is 0 Å². The van der Waals surface area contributed by atoms with Crippen LogP contribution in [0.15, 0.2) is 12.2 Å². The zero-order chi connectivity index (χ0) is 5.86. The molecule has 0 spiro atoms. The summed E-state index contributed by atoms with van der Waals surface area (Å²) >= 11 is 0. The van der Waals surface area contributed by atoms with Gasteiger partial charge in [0, 0.05) is 0 Å². The number of hydrogen-bond donors (Lipinski definition) is 1. The van der Waals surface area contributed by atoms with E-state index in [2.05, 4.69) is 6.58 Å². The van der Waals surface area contributed by atoms with Gasteiger partial charge < -0.3 is 6.53 Å². The minimum Gasteiger partial charge on any atom is -1.00 e. The summed E-state index contributed by atoms with van der Waals surface area (Å²) in [5.74, 6) is -1.26. The van der Waals surface area contributed by atoms with Gasteiger partial charge >= 0.3 is 57.4 Å². The maximum Gasteiger partial charge on any atom is 1.00 e. The molecule has 3 nitrogen and oxygen atoms in total. The Morgan fingerprint density at radius 3 is 2.25 bits per heavy atom. The van der Waals surface area contributed by atoms with E-state index in [-0.39, 0.29) is 52.8 Å². The molecule has 0 saturated heterocycles. The molecule has 0 bridgehead atoms. The number of hydrogen-bond acceptors (Lipinski definition) is 2. The first-order valence-electron chi connectivity index (χ1n) is 1.50. The fourth-order valence-corrected chi connectivity index (χ4v) is 0.0478. The fourth-order valence-electron chi connectivity index (χ4n) is 0.0478. The van der Waals surface area contributed by atoms with Crippen molar-refractivity contribution >= 4 is 5.97 Å². The van der Waals surface area contributed by atoms with E-state index in [4.69, 9.17) is 10.4 Å². The maximum atomic E-state index is 9.61. The molecular weight excluding hydrogens is 133 g/mol. The van der Waals surface area contributed by atoms with E-state index in [1.165, 1.54) is 6.07 Å². The molecule has 0 heterocycles. The van der Waals surface area contributed by atoms with E-state index in [9.17, 15) is 4.79 Å². The van der Waals surface area contributed by atoms with Crippen LogP contribution in [0, 0.1) is 11.3 Å². The van der Waals surface area contributed by atoms with E-state index >= 15 is 0 Å². The van der Waals surface area contributed by atoms with Crippen molar-refractivity contribution in [2.75, 3.05) is 0 Å². The molecule has 0 aromatic heterocycles. The summed E-state index contributed by atoms with van der Waals surface area (Å²) in [6.07, 6.45) is 0. The summed E-state index contributed by atoms with van der Waals surface area (Å²) in [4.78, 5) is 9.61. The van der Waals surface area contributed by atoms with Crippen molar-refractivity contribution in [1.29, 1.82) is 5.26 Å². The van der Waals surface area contributed by atoms with Gasteiger partial charge in [-0.1, -0.05) is 6.58 Å². The molecule has 0 fully saturated rings. The first-order valence-corrected chi connectivity index (χ1v) is 1.50. The Kier molecular flexibility index (Phi) is 7.64. The van der Waals surface area contributed by atoms with Crippen molar-refractivity contribution in [3.05, 3.63) is 12.2 Å². The number of aliphatic carboxylic acids is 1. The quantitative estimate of drug-likeness (QED) is 0.242. The van der Waals surface area contributed by atoms with E-state index in [0.29, 0.717) is 0 Å². The van der Waals surface area contributed by atoms with Gasteiger partial charge in [0.1, 0.15) is 11.6 Å². The molecule has 0 aliphatic carbocycles. The number of carboxylic acid groups (broad SMARTS) is 1. The number of nitrogens with zero attached hydrogens (tertiary/aromatic N) is 1. The molecule has 0 aromatic rings. The van der Waals surface area contributed by atoms with Gasteiger partial charge in [0.05, 0.1) is 0 Å². The van der Waals surface area contributed by atoms with Crippen LogP contribution in [0.25, 0.3) is 0 Å². The average Bonchev–Trinajstić information content (AvgIpc) is 1.65. The van der Waals surface area contributed by atoms with Crippen LogP contribution < -0.4 is 51.4 Å². The summed E-state index contributed by atoms with van der Waals surface area (Å²) < 4.78 is 0. The van der Waals surface area contributed by atoms with Gasteiger partial charge in [0.25, 0.3) is 0 Å². The van der Waals surface area contributed by atoms with Gasteiger partial charge in [-0.15, -0.1) is 0 Å². The Hall–Kier alpha value is 0.336. The Morgan fingerprint density at radius 2 is 2.25 bits per heavy atom. The third-order valence-corrected chi connectivity index (χ3v) is 0.393. The predicted octanol–water partition coefficient (Wildman–Crippen LogP) is -2.73. The average molecular weight is 137 g/mol. The molecule has 4 heteroatoms. The van der Waals surface area contributed by atoms with Crippen LogP contribution in [-0.2, 0) is 4.79 Å². The fraction of sp³-hybridized carbons (Fsp3) is 0. The molecule has 0 unspecified atom stereocenters. The number of carbonyl (C=O) groups is 1. The van der Waals surface area contributed by atoms with E-state index < -0.39 is 11.5 Å². The molecule has 0 rings (SSSR count). The summed E-state index contributed by atoms with van der Waals surface area (Å²) in [5.41, 5.74) is -0.431. The second-order valence-corrected chi connectivity index (χ2v) is 0.896. The number of nitriles is 1. The molecule has 0 amide bonds. The summed E-state index contributed by atoms with van der Waals surface area (Å²) in [7, 11) is 0. The molecule has 1 N–H and O–H groups in total. The van der Waals surface area contributed by atoms with Gasteiger partial charge in [-0.3, -0.25) is 0 Å². The van der Waals surface area contributed by atoms with E-state index in [1.54, 1.807) is 0 Å². The zero-order valence-electron chi connectivity index (χ0n) is 5.51. The molecule has 38 valence electrons. The van der Waals surface area contributed by atoms with Crippen LogP contribution >= 0.6 is 0 Å². The third-order valence-electron chi connectivity index (χ3n) is 0.393. The molecule has 0 aliphatic heterocycles. The normalized spacial score (nSPS) is 5.88. The van der Waals surface area contributed by atoms with E-state index in [1.807, 2.05) is 0 Å². The monoisotopic (exact) mass is 137 g/mol. The van der Waals surface area contributed by atoms with Crippen LogP contribution in [0.1, 0.15) is 1.43 Å². The van der Waals surface area contributed by atoms with Crippen LogP contribution in [0.5, 0.6) is 0 Å². The summed E-state index contributed by atoms with van der Waals surface area (Å²) in [6.45, 7) is 2.91. The van der Waals surface area contributed by atoms with Crippen LogP contribution in [-0.4, -0.2) is 11.1 Å². The van der Waals surface area contributed by atoms with Crippen molar-refractivity contribution in [3.8, 4) is 6.07 Å². The first kappa shape index (κ1) is 11.2. The standard InChI is InChI=1S/C4H3NO2.K.H/c1-3(2-5)4(6)7;;/h1H2,(H,6,7);;/q;+1;-1. The minimum absolute atomic E-state index is 0. The zero-order valence-corrected chi connectivity index (χ0v) is 7.63. The summed E-state index contributed by atoms with van der Waals surface area (Å²) in [6, 6.07) is 1.37. The van der Waals surface area contributed by atoms with Gasteiger partial charge in [-0.05, 0) is 0 Å². The topological polar surface area (TPSA) is 61.1 Å². The van der Waals surface area contributed by atoms with Gasteiger partial charge in [-0.2, -0.15) is 5.26 Å². The van der Waals surface area contributed by atoms with Crippen LogP contribution in [0.2, 0.25) is 0 Å². The molecule has 0 radical (unpaired) electrons. The first-order chi connectivity index (χ1) is 3.18. The van der Waals surface area contributed by atoms with Gasteiger partial charge in [0.15, 0.2) is 0 Å². The van der Waals surface area contributed by atoms with Crippen molar-refractivity contribution in [3.63, 3.8) is 0 Å². The maximum absolute atomic E-state index is 9.61. The minimum atomic E-state index is -1.26. The molecule has 8 heavy (non-hydrogen) atoms. The molecular formula is C4H4KNO2. The largest absolute Gasteiger partial charge is 1.00 e. The molecule has 0 aromatic carbocycles. The number of carboxylic acids is 1. The summed E-state index contributed by atoms with van der Waals surface area (Å²) in [5, 5.41) is 15.6. The third kappa shape index (κ3) is 4.49. The molecule has 0 aliphatic rings.